The van der Waals surface area contributed by atoms with Crippen molar-refractivity contribution in [3.05, 3.63) is 18.3 Å². The van der Waals surface area contributed by atoms with E-state index < -0.39 is 0 Å². The second kappa shape index (κ2) is 4.67. The molecular weight excluding hydrogens is 206 g/mol. The van der Waals surface area contributed by atoms with E-state index in [0.717, 1.165) is 18.9 Å². The number of hydrogen-bond donors (Lipinski definition) is 1. The second-order valence-corrected chi connectivity index (χ2v) is 3.90. The molecule has 0 aliphatic carbocycles. The van der Waals surface area contributed by atoms with Crippen LogP contribution in [0.3, 0.4) is 0 Å². The molecule has 0 aromatic carbocycles. The average molecular weight is 223 g/mol. The van der Waals surface area contributed by atoms with E-state index in [1.165, 1.54) is 0 Å². The Morgan fingerprint density at radius 2 is 1.88 bits per heavy atom. The molecule has 1 aromatic rings. The maximum absolute atomic E-state index is 5.60. The lowest BCUT2D eigenvalue weighted by Gasteiger charge is -2.16. The topological polar surface area (TPSA) is 60.6 Å². The van der Waals surface area contributed by atoms with Gasteiger partial charge in [0, 0.05) is 27.3 Å². The van der Waals surface area contributed by atoms with Crippen LogP contribution >= 0.6 is 0 Å². The Morgan fingerprint density at radius 1 is 1.25 bits per heavy atom. The van der Waals surface area contributed by atoms with Gasteiger partial charge in [-0.05, 0) is 12.1 Å². The van der Waals surface area contributed by atoms with Crippen molar-refractivity contribution in [3.8, 4) is 0 Å². The summed E-state index contributed by atoms with van der Waals surface area (Å²) in [7, 11) is 3.41. The van der Waals surface area contributed by atoms with Crippen molar-refractivity contribution in [2.45, 2.75) is 12.2 Å². The van der Waals surface area contributed by atoms with Gasteiger partial charge < -0.3 is 20.1 Å². The number of nitrogen functional groups attached to an aromatic ring is 1. The van der Waals surface area contributed by atoms with E-state index in [1.807, 2.05) is 12.1 Å². The zero-order valence-corrected chi connectivity index (χ0v) is 9.59. The van der Waals surface area contributed by atoms with Gasteiger partial charge in [-0.15, -0.1) is 0 Å². The summed E-state index contributed by atoms with van der Waals surface area (Å²) in [5, 5.41) is 0. The highest BCUT2D eigenvalue weighted by molar-refractivity contribution is 5.46. The SMILES string of the molecule is CO[C@H]1CN(c2ccc(N)cn2)C[C@H]1OC. The van der Waals surface area contributed by atoms with Crippen LogP contribution in [-0.4, -0.2) is 44.5 Å². The fraction of sp³-hybridized carbons (Fsp3) is 0.545. The van der Waals surface area contributed by atoms with Crippen molar-refractivity contribution in [1.82, 2.24) is 4.98 Å². The summed E-state index contributed by atoms with van der Waals surface area (Å²) in [5.41, 5.74) is 6.28. The van der Waals surface area contributed by atoms with Gasteiger partial charge in [-0.1, -0.05) is 0 Å². The summed E-state index contributed by atoms with van der Waals surface area (Å²) in [6, 6.07) is 3.77. The minimum absolute atomic E-state index is 0.101. The summed E-state index contributed by atoms with van der Waals surface area (Å²) in [6.45, 7) is 1.60. The molecular formula is C11H17N3O2. The van der Waals surface area contributed by atoms with E-state index >= 15 is 0 Å². The monoisotopic (exact) mass is 223 g/mol. The first-order valence-electron chi connectivity index (χ1n) is 5.26. The molecule has 1 saturated heterocycles. The third kappa shape index (κ3) is 2.10. The zero-order chi connectivity index (χ0) is 11.5. The smallest absolute Gasteiger partial charge is 0.128 e. The highest BCUT2D eigenvalue weighted by Gasteiger charge is 2.33. The normalized spacial score (nSPS) is 25.0. The molecule has 1 aliphatic heterocycles. The number of hydrogen-bond acceptors (Lipinski definition) is 5. The van der Waals surface area contributed by atoms with Gasteiger partial charge in [0.05, 0.1) is 11.9 Å². The summed E-state index contributed by atoms with van der Waals surface area (Å²) in [4.78, 5) is 6.43. The lowest BCUT2D eigenvalue weighted by molar-refractivity contribution is -0.00461. The van der Waals surface area contributed by atoms with E-state index in [2.05, 4.69) is 9.88 Å². The molecule has 88 valence electrons. The molecule has 1 fully saturated rings. The number of ether oxygens (including phenoxy) is 2. The lowest BCUT2D eigenvalue weighted by Crippen LogP contribution is -2.27. The molecule has 2 heterocycles. The van der Waals surface area contributed by atoms with Gasteiger partial charge >= 0.3 is 0 Å². The summed E-state index contributed by atoms with van der Waals surface area (Å²) < 4.78 is 10.7. The van der Waals surface area contributed by atoms with Gasteiger partial charge in [0.25, 0.3) is 0 Å². The van der Waals surface area contributed by atoms with Gasteiger partial charge in [-0.2, -0.15) is 0 Å². The van der Waals surface area contributed by atoms with E-state index in [1.54, 1.807) is 20.4 Å². The lowest BCUT2D eigenvalue weighted by atomic mass is 10.3. The van der Waals surface area contributed by atoms with Crippen LogP contribution in [0.5, 0.6) is 0 Å². The molecule has 0 bridgehead atoms. The summed E-state index contributed by atoms with van der Waals surface area (Å²) in [6.07, 6.45) is 1.87. The molecule has 0 amide bonds. The highest BCUT2D eigenvalue weighted by Crippen LogP contribution is 2.21. The molecule has 0 unspecified atom stereocenters. The Labute approximate surface area is 95.2 Å². The van der Waals surface area contributed by atoms with E-state index in [4.69, 9.17) is 15.2 Å². The first kappa shape index (κ1) is 11.2. The molecule has 1 aliphatic rings. The van der Waals surface area contributed by atoms with Crippen molar-refractivity contribution in [2.24, 2.45) is 0 Å². The molecule has 1 aromatic heterocycles. The predicted octanol–water partition coefficient (Wildman–Crippen LogP) is 0.514. The minimum Gasteiger partial charge on any atom is -0.397 e. The predicted molar refractivity (Wildman–Crippen MR) is 62.5 cm³/mol. The standard InChI is InChI=1S/C11H17N3O2/c1-15-9-6-14(7-10(9)16-2)11-4-3-8(12)5-13-11/h3-5,9-10H,6-7,12H2,1-2H3/t9-,10+. The van der Waals surface area contributed by atoms with Gasteiger partial charge in [0.1, 0.15) is 18.0 Å². The molecule has 0 spiro atoms. The van der Waals surface area contributed by atoms with Crippen LogP contribution in [0.1, 0.15) is 0 Å². The Kier molecular flexibility index (Phi) is 3.26. The number of anilines is 2. The van der Waals surface area contributed by atoms with Gasteiger partial charge in [0.15, 0.2) is 0 Å². The third-order valence-electron chi connectivity index (χ3n) is 2.92. The van der Waals surface area contributed by atoms with Crippen molar-refractivity contribution < 1.29 is 9.47 Å². The molecule has 2 atom stereocenters. The first-order chi connectivity index (χ1) is 7.74. The molecule has 16 heavy (non-hydrogen) atoms. The second-order valence-electron chi connectivity index (χ2n) is 3.90. The van der Waals surface area contributed by atoms with E-state index in [9.17, 15) is 0 Å². The largest absolute Gasteiger partial charge is 0.397 e. The van der Waals surface area contributed by atoms with Gasteiger partial charge in [-0.3, -0.25) is 0 Å². The summed E-state index contributed by atoms with van der Waals surface area (Å²) in [5.74, 6) is 0.913. The van der Waals surface area contributed by atoms with Crippen LogP contribution in [0.4, 0.5) is 11.5 Å². The van der Waals surface area contributed by atoms with Crippen LogP contribution in [-0.2, 0) is 9.47 Å². The number of methoxy groups -OCH3 is 2. The van der Waals surface area contributed by atoms with Crippen molar-refractivity contribution >= 4 is 11.5 Å². The number of nitrogens with zero attached hydrogens (tertiary/aromatic N) is 2. The van der Waals surface area contributed by atoms with Gasteiger partial charge in [0.2, 0.25) is 0 Å². The third-order valence-corrected chi connectivity index (χ3v) is 2.92. The van der Waals surface area contributed by atoms with E-state index in [-0.39, 0.29) is 12.2 Å². The maximum atomic E-state index is 5.60. The van der Waals surface area contributed by atoms with Crippen molar-refractivity contribution in [3.63, 3.8) is 0 Å². The average Bonchev–Trinajstić information content (AvgIpc) is 2.73. The molecule has 5 nitrogen and oxygen atoms in total. The fourth-order valence-electron chi connectivity index (χ4n) is 1.97. The van der Waals surface area contributed by atoms with Crippen molar-refractivity contribution in [2.75, 3.05) is 37.9 Å². The summed E-state index contributed by atoms with van der Waals surface area (Å²) >= 11 is 0. The molecule has 2 N–H and O–H groups in total. The zero-order valence-electron chi connectivity index (χ0n) is 9.59. The Balaban J connectivity index is 2.09. The quantitative estimate of drug-likeness (QED) is 0.809. The van der Waals surface area contributed by atoms with Gasteiger partial charge in [-0.25, -0.2) is 4.98 Å². The van der Waals surface area contributed by atoms with Crippen LogP contribution < -0.4 is 10.6 Å². The molecule has 2 rings (SSSR count). The number of aromatic nitrogens is 1. The number of rotatable bonds is 3. The van der Waals surface area contributed by atoms with Crippen molar-refractivity contribution in [1.29, 1.82) is 0 Å². The van der Waals surface area contributed by atoms with Crippen LogP contribution in [0.2, 0.25) is 0 Å². The highest BCUT2D eigenvalue weighted by atomic mass is 16.5. The first-order valence-corrected chi connectivity index (χ1v) is 5.26. The fourth-order valence-corrected chi connectivity index (χ4v) is 1.97. The van der Waals surface area contributed by atoms with E-state index in [0.29, 0.717) is 5.69 Å². The Hall–Kier alpha value is -1.33. The molecule has 0 saturated carbocycles. The van der Waals surface area contributed by atoms with Crippen LogP contribution in [0.25, 0.3) is 0 Å². The number of nitrogens with two attached hydrogens (primary N) is 1. The molecule has 0 radical (unpaired) electrons. The number of pyridine rings is 1. The minimum atomic E-state index is 0.101. The van der Waals surface area contributed by atoms with Crippen LogP contribution in [0.15, 0.2) is 18.3 Å². The maximum Gasteiger partial charge on any atom is 0.128 e. The molecule has 5 heteroatoms. The Bertz CT molecular complexity index is 330. The Morgan fingerprint density at radius 3 is 2.31 bits per heavy atom. The van der Waals surface area contributed by atoms with Crippen LogP contribution in [0, 0.1) is 0 Å².